The summed E-state index contributed by atoms with van der Waals surface area (Å²) in [5.41, 5.74) is 9.35. The Hall–Kier alpha value is -1.19. The van der Waals surface area contributed by atoms with Crippen LogP contribution in [-0.2, 0) is 0 Å². The van der Waals surface area contributed by atoms with E-state index in [1.807, 2.05) is 24.3 Å². The van der Waals surface area contributed by atoms with Crippen LogP contribution in [0, 0.1) is 6.92 Å². The Morgan fingerprint density at radius 1 is 1.25 bits per heavy atom. The minimum absolute atomic E-state index is 0.159. The van der Waals surface area contributed by atoms with Gasteiger partial charge in [-0.2, -0.15) is 0 Å². The zero-order valence-electron chi connectivity index (χ0n) is 9.02. The highest BCUT2D eigenvalue weighted by molar-refractivity contribution is 9.10. The second kappa shape index (κ2) is 4.76. The number of hydrogen-bond acceptors (Lipinski definition) is 2. The van der Waals surface area contributed by atoms with Crippen molar-refractivity contribution in [2.24, 2.45) is 5.73 Å². The fraction of sp³-hybridized carbons (Fsp3) is 0.154. The summed E-state index contributed by atoms with van der Waals surface area (Å²) in [4.78, 5) is 4.31. The lowest BCUT2D eigenvalue weighted by Gasteiger charge is -2.12. The lowest BCUT2D eigenvalue weighted by atomic mass is 10.0. The first kappa shape index (κ1) is 11.3. The van der Waals surface area contributed by atoms with Gasteiger partial charge >= 0.3 is 0 Å². The van der Waals surface area contributed by atoms with Gasteiger partial charge in [-0.25, -0.2) is 0 Å². The number of benzene rings is 1. The molecule has 2 N–H and O–H groups in total. The molecule has 0 spiro atoms. The van der Waals surface area contributed by atoms with Crippen LogP contribution >= 0.6 is 15.9 Å². The molecule has 2 rings (SSSR count). The molecule has 1 atom stereocenters. The largest absolute Gasteiger partial charge is 0.319 e. The van der Waals surface area contributed by atoms with Gasteiger partial charge in [0.2, 0.25) is 0 Å². The normalized spacial score (nSPS) is 12.4. The summed E-state index contributed by atoms with van der Waals surface area (Å²) in [5, 5.41) is 0. The molecule has 1 aromatic heterocycles. The highest BCUT2D eigenvalue weighted by Gasteiger charge is 2.09. The first-order chi connectivity index (χ1) is 7.66. The molecule has 16 heavy (non-hydrogen) atoms. The van der Waals surface area contributed by atoms with Crippen LogP contribution in [0.3, 0.4) is 0 Å². The minimum Gasteiger partial charge on any atom is -0.319 e. The van der Waals surface area contributed by atoms with Gasteiger partial charge in [-0.3, -0.25) is 4.98 Å². The second-order valence-electron chi connectivity index (χ2n) is 3.79. The van der Waals surface area contributed by atoms with Gasteiger partial charge in [-0.15, -0.1) is 0 Å². The molecule has 0 radical (unpaired) electrons. The van der Waals surface area contributed by atoms with Crippen molar-refractivity contribution in [3.8, 4) is 0 Å². The van der Waals surface area contributed by atoms with E-state index in [2.05, 4.69) is 40.0 Å². The lowest BCUT2D eigenvalue weighted by Crippen LogP contribution is -2.13. The van der Waals surface area contributed by atoms with E-state index in [9.17, 15) is 0 Å². The molecule has 82 valence electrons. The topological polar surface area (TPSA) is 38.9 Å². The summed E-state index contributed by atoms with van der Waals surface area (Å²) < 4.78 is 0.965. The van der Waals surface area contributed by atoms with Crippen molar-refractivity contribution >= 4 is 15.9 Å². The molecule has 0 fully saturated rings. The van der Waals surface area contributed by atoms with Gasteiger partial charge in [0.05, 0.1) is 11.7 Å². The highest BCUT2D eigenvalue weighted by Crippen LogP contribution is 2.19. The number of nitrogens with zero attached hydrogens (tertiary/aromatic N) is 1. The monoisotopic (exact) mass is 276 g/mol. The van der Waals surface area contributed by atoms with Gasteiger partial charge in [-0.1, -0.05) is 29.8 Å². The van der Waals surface area contributed by atoms with Crippen LogP contribution in [0.2, 0.25) is 0 Å². The molecule has 0 bridgehead atoms. The second-order valence-corrected chi connectivity index (χ2v) is 4.71. The SMILES string of the molecule is Cc1cccc(C(N)c2ccc(Br)cn2)c1. The molecule has 2 aromatic rings. The van der Waals surface area contributed by atoms with Crippen molar-refractivity contribution in [3.63, 3.8) is 0 Å². The maximum atomic E-state index is 6.16. The average molecular weight is 277 g/mol. The Balaban J connectivity index is 2.31. The van der Waals surface area contributed by atoms with Crippen LogP contribution in [0.4, 0.5) is 0 Å². The van der Waals surface area contributed by atoms with Crippen LogP contribution in [0.15, 0.2) is 47.1 Å². The molecule has 0 aliphatic carbocycles. The van der Waals surface area contributed by atoms with Crippen LogP contribution in [0.25, 0.3) is 0 Å². The van der Waals surface area contributed by atoms with E-state index >= 15 is 0 Å². The molecule has 1 aromatic carbocycles. The summed E-state index contributed by atoms with van der Waals surface area (Å²) in [7, 11) is 0. The fourth-order valence-electron chi connectivity index (χ4n) is 1.61. The third kappa shape index (κ3) is 2.49. The number of hydrogen-bond donors (Lipinski definition) is 1. The zero-order valence-corrected chi connectivity index (χ0v) is 10.6. The van der Waals surface area contributed by atoms with Crippen molar-refractivity contribution < 1.29 is 0 Å². The molecule has 0 saturated carbocycles. The number of aryl methyl sites for hydroxylation is 1. The molecular formula is C13H13BrN2. The summed E-state index contributed by atoms with van der Waals surface area (Å²) in [6, 6.07) is 11.9. The number of aromatic nitrogens is 1. The number of rotatable bonds is 2. The number of halogens is 1. The summed E-state index contributed by atoms with van der Waals surface area (Å²) >= 11 is 3.36. The molecule has 1 heterocycles. The van der Waals surface area contributed by atoms with Crippen LogP contribution in [-0.4, -0.2) is 4.98 Å². The predicted molar refractivity (Wildman–Crippen MR) is 69.1 cm³/mol. The van der Waals surface area contributed by atoms with Gasteiger partial charge in [-0.05, 0) is 40.5 Å². The van der Waals surface area contributed by atoms with E-state index in [0.717, 1.165) is 15.7 Å². The first-order valence-electron chi connectivity index (χ1n) is 5.10. The zero-order chi connectivity index (χ0) is 11.5. The summed E-state index contributed by atoms with van der Waals surface area (Å²) in [6.45, 7) is 2.06. The van der Waals surface area contributed by atoms with Gasteiger partial charge < -0.3 is 5.73 Å². The van der Waals surface area contributed by atoms with E-state index < -0.39 is 0 Å². The van der Waals surface area contributed by atoms with Crippen molar-refractivity contribution in [1.82, 2.24) is 4.98 Å². The molecule has 0 amide bonds. The van der Waals surface area contributed by atoms with E-state index in [1.54, 1.807) is 6.20 Å². The third-order valence-corrected chi connectivity index (χ3v) is 2.94. The van der Waals surface area contributed by atoms with E-state index in [-0.39, 0.29) is 6.04 Å². The smallest absolute Gasteiger partial charge is 0.0726 e. The van der Waals surface area contributed by atoms with Crippen molar-refractivity contribution in [1.29, 1.82) is 0 Å². The lowest BCUT2D eigenvalue weighted by molar-refractivity contribution is 0.826. The van der Waals surface area contributed by atoms with Gasteiger partial charge in [0.15, 0.2) is 0 Å². The Labute approximate surface area is 104 Å². The Kier molecular flexibility index (Phi) is 3.36. The summed E-state index contributed by atoms with van der Waals surface area (Å²) in [5.74, 6) is 0. The number of pyridine rings is 1. The number of nitrogens with two attached hydrogens (primary N) is 1. The molecule has 0 aliphatic heterocycles. The molecule has 0 saturated heterocycles. The Bertz CT molecular complexity index is 480. The van der Waals surface area contributed by atoms with Crippen LogP contribution in [0.5, 0.6) is 0 Å². The molecule has 1 unspecified atom stereocenters. The fourth-order valence-corrected chi connectivity index (χ4v) is 1.84. The minimum atomic E-state index is -0.159. The molecule has 2 nitrogen and oxygen atoms in total. The van der Waals surface area contributed by atoms with Crippen LogP contribution < -0.4 is 5.73 Å². The Morgan fingerprint density at radius 2 is 2.06 bits per heavy atom. The van der Waals surface area contributed by atoms with Gasteiger partial charge in [0.1, 0.15) is 0 Å². The molecule has 3 heteroatoms. The first-order valence-corrected chi connectivity index (χ1v) is 5.90. The quantitative estimate of drug-likeness (QED) is 0.915. The predicted octanol–water partition coefficient (Wildman–Crippen LogP) is 3.20. The Morgan fingerprint density at radius 3 is 2.69 bits per heavy atom. The molecule has 0 aliphatic rings. The van der Waals surface area contributed by atoms with E-state index in [4.69, 9.17) is 5.73 Å². The maximum Gasteiger partial charge on any atom is 0.0726 e. The van der Waals surface area contributed by atoms with Crippen molar-refractivity contribution in [2.45, 2.75) is 13.0 Å². The van der Waals surface area contributed by atoms with E-state index in [0.29, 0.717) is 0 Å². The summed E-state index contributed by atoms with van der Waals surface area (Å²) in [6.07, 6.45) is 1.77. The van der Waals surface area contributed by atoms with Crippen molar-refractivity contribution in [2.75, 3.05) is 0 Å². The molecular weight excluding hydrogens is 264 g/mol. The third-order valence-electron chi connectivity index (χ3n) is 2.47. The van der Waals surface area contributed by atoms with Gasteiger partial charge in [0, 0.05) is 10.7 Å². The standard InChI is InChI=1S/C13H13BrN2/c1-9-3-2-4-10(7-9)13(15)12-6-5-11(14)8-16-12/h2-8,13H,15H2,1H3. The van der Waals surface area contributed by atoms with Gasteiger partial charge in [0.25, 0.3) is 0 Å². The van der Waals surface area contributed by atoms with Crippen LogP contribution in [0.1, 0.15) is 22.9 Å². The van der Waals surface area contributed by atoms with E-state index in [1.165, 1.54) is 5.56 Å². The maximum absolute atomic E-state index is 6.16. The average Bonchev–Trinajstić information content (AvgIpc) is 2.29. The van der Waals surface area contributed by atoms with Crippen molar-refractivity contribution in [3.05, 3.63) is 63.9 Å². The highest BCUT2D eigenvalue weighted by atomic mass is 79.9.